The fraction of sp³-hybridized carbons (Fsp3) is 0.278. The lowest BCUT2D eigenvalue weighted by Crippen LogP contribution is -2.32. The van der Waals surface area contributed by atoms with Crippen molar-refractivity contribution in [1.82, 2.24) is 4.90 Å². The van der Waals surface area contributed by atoms with Crippen LogP contribution < -0.4 is 0 Å². The molecular formula is C18H20BrNO. The summed E-state index contributed by atoms with van der Waals surface area (Å²) in [6.07, 6.45) is 0.990. The van der Waals surface area contributed by atoms with Gasteiger partial charge >= 0.3 is 0 Å². The van der Waals surface area contributed by atoms with Gasteiger partial charge in [-0.05, 0) is 29.7 Å². The lowest BCUT2D eigenvalue weighted by molar-refractivity contribution is 0.0754. The van der Waals surface area contributed by atoms with Gasteiger partial charge in [0.2, 0.25) is 0 Å². The second-order valence-electron chi connectivity index (χ2n) is 4.95. The van der Waals surface area contributed by atoms with E-state index in [0.717, 1.165) is 22.9 Å². The van der Waals surface area contributed by atoms with E-state index >= 15 is 0 Å². The minimum absolute atomic E-state index is 0.0842. The molecule has 2 nitrogen and oxygen atoms in total. The fourth-order valence-electron chi connectivity index (χ4n) is 2.22. The molecule has 110 valence electrons. The Labute approximate surface area is 134 Å². The molecule has 0 radical (unpaired) electrons. The summed E-state index contributed by atoms with van der Waals surface area (Å²) in [5.74, 6) is 0.0842. The summed E-state index contributed by atoms with van der Waals surface area (Å²) < 4.78 is 0. The van der Waals surface area contributed by atoms with Gasteiger partial charge in [-0.3, -0.25) is 4.79 Å². The predicted molar refractivity (Wildman–Crippen MR) is 90.8 cm³/mol. The third-order valence-corrected chi connectivity index (χ3v) is 3.82. The van der Waals surface area contributed by atoms with Crippen molar-refractivity contribution in [2.45, 2.75) is 19.9 Å². The Bertz CT molecular complexity index is 566. The molecule has 1 amide bonds. The number of hydrogen-bond donors (Lipinski definition) is 0. The predicted octanol–water partition coefficient (Wildman–Crippen LogP) is 4.29. The zero-order valence-corrected chi connectivity index (χ0v) is 13.8. The number of alkyl halides is 1. The molecule has 2 aromatic carbocycles. The molecule has 0 heterocycles. The number of amides is 1. The van der Waals surface area contributed by atoms with Gasteiger partial charge in [-0.15, -0.1) is 0 Å². The molecule has 0 bridgehead atoms. The molecule has 21 heavy (non-hydrogen) atoms. The molecule has 0 aliphatic rings. The van der Waals surface area contributed by atoms with E-state index in [9.17, 15) is 4.79 Å². The minimum atomic E-state index is 0.0842. The van der Waals surface area contributed by atoms with Gasteiger partial charge in [-0.2, -0.15) is 0 Å². The smallest absolute Gasteiger partial charge is 0.254 e. The maximum absolute atomic E-state index is 12.6. The largest absolute Gasteiger partial charge is 0.333 e. The molecule has 2 rings (SSSR count). The second-order valence-corrected chi connectivity index (χ2v) is 5.74. The highest BCUT2D eigenvalue weighted by atomic mass is 79.9. The lowest BCUT2D eigenvalue weighted by Gasteiger charge is -2.22. The molecule has 0 atom stereocenters. The number of hydrogen-bond acceptors (Lipinski definition) is 1. The van der Waals surface area contributed by atoms with Gasteiger partial charge in [0.25, 0.3) is 5.91 Å². The van der Waals surface area contributed by atoms with Crippen LogP contribution in [0.5, 0.6) is 0 Å². The van der Waals surface area contributed by atoms with E-state index in [0.29, 0.717) is 13.1 Å². The summed E-state index contributed by atoms with van der Waals surface area (Å²) in [5, 5.41) is 0.776. The van der Waals surface area contributed by atoms with Crippen molar-refractivity contribution in [3.63, 3.8) is 0 Å². The Balaban J connectivity index is 2.14. The van der Waals surface area contributed by atoms with Gasteiger partial charge in [0.1, 0.15) is 0 Å². The van der Waals surface area contributed by atoms with Gasteiger partial charge < -0.3 is 4.90 Å². The summed E-state index contributed by atoms with van der Waals surface area (Å²) in [6.45, 7) is 3.45. The van der Waals surface area contributed by atoms with E-state index in [-0.39, 0.29) is 5.91 Å². The first-order valence-electron chi connectivity index (χ1n) is 7.22. The Morgan fingerprint density at radius 2 is 1.67 bits per heavy atom. The van der Waals surface area contributed by atoms with Crippen LogP contribution in [0, 0.1) is 0 Å². The van der Waals surface area contributed by atoms with Crippen LogP contribution in [-0.4, -0.2) is 22.7 Å². The van der Waals surface area contributed by atoms with Crippen molar-refractivity contribution in [3.05, 3.63) is 71.3 Å². The molecule has 0 fully saturated rings. The number of halogens is 1. The van der Waals surface area contributed by atoms with Gasteiger partial charge in [0.15, 0.2) is 0 Å². The van der Waals surface area contributed by atoms with Crippen molar-refractivity contribution < 1.29 is 4.79 Å². The minimum Gasteiger partial charge on any atom is -0.333 e. The maximum atomic E-state index is 12.6. The van der Waals surface area contributed by atoms with Crippen molar-refractivity contribution in [3.8, 4) is 0 Å². The molecule has 0 unspecified atom stereocenters. The van der Waals surface area contributed by atoms with E-state index in [1.165, 1.54) is 5.56 Å². The number of carbonyl (C=O) groups excluding carboxylic acids is 1. The van der Waals surface area contributed by atoms with Crippen LogP contribution in [0.2, 0.25) is 0 Å². The van der Waals surface area contributed by atoms with Crippen LogP contribution in [0.1, 0.15) is 28.4 Å². The third kappa shape index (κ3) is 4.43. The quantitative estimate of drug-likeness (QED) is 0.715. The lowest BCUT2D eigenvalue weighted by atomic mass is 10.1. The first-order chi connectivity index (χ1) is 10.2. The van der Waals surface area contributed by atoms with Gasteiger partial charge in [0.05, 0.1) is 0 Å². The summed E-state index contributed by atoms with van der Waals surface area (Å²) in [7, 11) is 0. The summed E-state index contributed by atoms with van der Waals surface area (Å²) in [4.78, 5) is 14.5. The van der Waals surface area contributed by atoms with Crippen LogP contribution in [0.3, 0.4) is 0 Å². The highest BCUT2D eigenvalue weighted by molar-refractivity contribution is 9.09. The highest BCUT2D eigenvalue weighted by Gasteiger charge is 2.15. The van der Waals surface area contributed by atoms with Gasteiger partial charge in [0, 0.05) is 24.0 Å². The zero-order valence-electron chi connectivity index (χ0n) is 12.3. The number of carbonyl (C=O) groups is 1. The Kier molecular flexibility index (Phi) is 6.00. The van der Waals surface area contributed by atoms with E-state index in [2.05, 4.69) is 35.0 Å². The van der Waals surface area contributed by atoms with Crippen LogP contribution in [0.25, 0.3) is 0 Å². The summed E-state index contributed by atoms with van der Waals surface area (Å²) in [6, 6.07) is 18.0. The van der Waals surface area contributed by atoms with Crippen LogP contribution in [-0.2, 0) is 13.0 Å². The molecule has 0 aromatic heterocycles. The standard InChI is InChI=1S/C18H20BrNO/c1-2-15-8-10-17(11-9-15)18(21)20(13-12-19)14-16-6-4-3-5-7-16/h3-11H,2,12-14H2,1H3. The molecule has 0 aliphatic carbocycles. The van der Waals surface area contributed by atoms with Crippen LogP contribution in [0.15, 0.2) is 54.6 Å². The monoisotopic (exact) mass is 345 g/mol. The molecule has 0 spiro atoms. The van der Waals surface area contributed by atoms with Crippen molar-refractivity contribution >= 4 is 21.8 Å². The Hall–Kier alpha value is -1.61. The normalized spacial score (nSPS) is 10.4. The van der Waals surface area contributed by atoms with E-state index < -0.39 is 0 Å². The topological polar surface area (TPSA) is 20.3 Å². The highest BCUT2D eigenvalue weighted by Crippen LogP contribution is 2.12. The molecular weight excluding hydrogens is 326 g/mol. The molecule has 0 aliphatic heterocycles. The van der Waals surface area contributed by atoms with Crippen molar-refractivity contribution in [2.75, 3.05) is 11.9 Å². The van der Waals surface area contributed by atoms with Crippen molar-refractivity contribution in [1.29, 1.82) is 0 Å². The first-order valence-corrected chi connectivity index (χ1v) is 8.35. The number of rotatable bonds is 6. The van der Waals surface area contributed by atoms with Gasteiger partial charge in [-0.1, -0.05) is 65.3 Å². The Morgan fingerprint density at radius 3 is 2.24 bits per heavy atom. The van der Waals surface area contributed by atoms with E-state index in [1.54, 1.807) is 0 Å². The zero-order chi connectivity index (χ0) is 15.1. The van der Waals surface area contributed by atoms with Crippen molar-refractivity contribution in [2.24, 2.45) is 0 Å². The molecule has 0 saturated carbocycles. The Morgan fingerprint density at radius 1 is 1.00 bits per heavy atom. The third-order valence-electron chi connectivity index (χ3n) is 3.47. The molecule has 3 heteroatoms. The number of benzene rings is 2. The van der Waals surface area contributed by atoms with Crippen LogP contribution >= 0.6 is 15.9 Å². The average molecular weight is 346 g/mol. The first kappa shape index (κ1) is 15.8. The summed E-state index contributed by atoms with van der Waals surface area (Å²) in [5.41, 5.74) is 3.16. The molecule has 2 aromatic rings. The maximum Gasteiger partial charge on any atom is 0.254 e. The second kappa shape index (κ2) is 7.99. The van der Waals surface area contributed by atoms with E-state index in [4.69, 9.17) is 0 Å². The fourth-order valence-corrected chi connectivity index (χ4v) is 2.65. The number of nitrogens with zero attached hydrogens (tertiary/aromatic N) is 1. The van der Waals surface area contributed by atoms with Gasteiger partial charge in [-0.25, -0.2) is 0 Å². The number of aryl methyl sites for hydroxylation is 1. The average Bonchev–Trinajstić information content (AvgIpc) is 2.55. The van der Waals surface area contributed by atoms with Crippen LogP contribution in [0.4, 0.5) is 0 Å². The summed E-state index contributed by atoms with van der Waals surface area (Å²) >= 11 is 3.43. The molecule has 0 N–H and O–H groups in total. The SMILES string of the molecule is CCc1ccc(C(=O)N(CCBr)Cc2ccccc2)cc1. The molecule has 0 saturated heterocycles. The van der Waals surface area contributed by atoms with E-state index in [1.807, 2.05) is 47.4 Å².